The molecule has 134 valence electrons. The van der Waals surface area contributed by atoms with Gasteiger partial charge in [-0.15, -0.1) is 0 Å². The molecule has 1 unspecified atom stereocenters. The monoisotopic (exact) mass is 334 g/mol. The van der Waals surface area contributed by atoms with Gasteiger partial charge >= 0.3 is 5.97 Å². The molecule has 1 atom stereocenters. The van der Waals surface area contributed by atoms with E-state index in [1.807, 2.05) is 13.8 Å². The number of benzene rings is 1. The molecule has 0 saturated carbocycles. The molecule has 0 aromatic heterocycles. The van der Waals surface area contributed by atoms with E-state index in [9.17, 15) is 9.59 Å². The second kappa shape index (κ2) is 10.2. The first-order valence-corrected chi connectivity index (χ1v) is 8.88. The molecule has 1 aromatic carbocycles. The maximum absolute atomic E-state index is 12.1. The number of hydrogen-bond acceptors (Lipinski definition) is 4. The van der Waals surface area contributed by atoms with E-state index in [0.29, 0.717) is 18.1 Å². The molecule has 0 radical (unpaired) electrons. The highest BCUT2D eigenvalue weighted by Crippen LogP contribution is 2.23. The Labute approximate surface area is 145 Å². The number of ketones is 1. The summed E-state index contributed by atoms with van der Waals surface area (Å²) in [4.78, 5) is 24.1. The van der Waals surface area contributed by atoms with Crippen molar-refractivity contribution in [3.63, 3.8) is 0 Å². The zero-order chi connectivity index (χ0) is 18.0. The summed E-state index contributed by atoms with van der Waals surface area (Å²) in [7, 11) is 0. The van der Waals surface area contributed by atoms with Crippen molar-refractivity contribution < 1.29 is 19.1 Å². The fourth-order valence-corrected chi connectivity index (χ4v) is 2.35. The van der Waals surface area contributed by atoms with Gasteiger partial charge in [-0.2, -0.15) is 0 Å². The fraction of sp³-hybridized carbons (Fsp3) is 0.600. The molecule has 0 aliphatic carbocycles. The lowest BCUT2D eigenvalue weighted by atomic mass is 9.97. The van der Waals surface area contributed by atoms with Crippen LogP contribution in [0.4, 0.5) is 0 Å². The fourth-order valence-electron chi connectivity index (χ4n) is 2.35. The molecule has 24 heavy (non-hydrogen) atoms. The van der Waals surface area contributed by atoms with Crippen molar-refractivity contribution in [3.05, 3.63) is 35.9 Å². The molecule has 0 spiro atoms. The Kier molecular flexibility index (Phi) is 8.69. The topological polar surface area (TPSA) is 52.6 Å². The minimum absolute atomic E-state index is 0.109. The zero-order valence-corrected chi connectivity index (χ0v) is 15.3. The molecule has 0 saturated heterocycles. The van der Waals surface area contributed by atoms with E-state index in [4.69, 9.17) is 9.47 Å². The average molecular weight is 334 g/mol. The maximum Gasteiger partial charge on any atom is 0.379 e. The lowest BCUT2D eigenvalue weighted by Gasteiger charge is -2.31. The van der Waals surface area contributed by atoms with Crippen molar-refractivity contribution in [1.82, 2.24) is 0 Å². The van der Waals surface area contributed by atoms with Gasteiger partial charge in [0.15, 0.2) is 0 Å². The van der Waals surface area contributed by atoms with Gasteiger partial charge in [0, 0.05) is 12.2 Å². The van der Waals surface area contributed by atoms with Gasteiger partial charge in [-0.25, -0.2) is 4.79 Å². The molecule has 4 heteroatoms. The molecule has 0 amide bonds. The lowest BCUT2D eigenvalue weighted by Crippen LogP contribution is -2.39. The summed E-state index contributed by atoms with van der Waals surface area (Å²) in [6.07, 6.45) is 3.57. The van der Waals surface area contributed by atoms with Crippen LogP contribution in [0.25, 0.3) is 0 Å². The molecule has 0 N–H and O–H groups in total. The van der Waals surface area contributed by atoms with Crippen LogP contribution in [-0.2, 0) is 14.3 Å². The van der Waals surface area contributed by atoms with Crippen molar-refractivity contribution >= 4 is 11.8 Å². The number of ether oxygens (including phenoxy) is 2. The van der Waals surface area contributed by atoms with Crippen molar-refractivity contribution in [2.24, 2.45) is 5.92 Å². The second-order valence-corrected chi connectivity index (χ2v) is 6.31. The van der Waals surface area contributed by atoms with Crippen LogP contribution >= 0.6 is 0 Å². The minimum atomic E-state index is -0.821. The third-order valence-corrected chi connectivity index (χ3v) is 4.69. The predicted octanol–water partition coefficient (Wildman–Crippen LogP) is 4.42. The summed E-state index contributed by atoms with van der Waals surface area (Å²) in [5.41, 5.74) is -0.168. The summed E-state index contributed by atoms with van der Waals surface area (Å²) >= 11 is 0. The Balaban J connectivity index is 2.58. The molecule has 4 nitrogen and oxygen atoms in total. The van der Waals surface area contributed by atoms with Crippen molar-refractivity contribution in [2.45, 2.75) is 59.0 Å². The maximum atomic E-state index is 12.1. The molecular weight excluding hydrogens is 304 g/mol. The molecule has 1 rings (SSSR count). The number of hydrogen-bond donors (Lipinski definition) is 0. The lowest BCUT2D eigenvalue weighted by molar-refractivity contribution is -0.152. The van der Waals surface area contributed by atoms with E-state index in [0.717, 1.165) is 25.7 Å². The Hall–Kier alpha value is -1.68. The van der Waals surface area contributed by atoms with Crippen LogP contribution in [0.1, 0.15) is 63.7 Å². The van der Waals surface area contributed by atoms with Crippen molar-refractivity contribution in [3.8, 4) is 0 Å². The summed E-state index contributed by atoms with van der Waals surface area (Å²) < 4.78 is 11.3. The number of Topliss-reactive ketones (excluding diaryl/α,β-unsaturated/α-hetero) is 1. The molecule has 1 aromatic rings. The Morgan fingerprint density at radius 1 is 1.08 bits per heavy atom. The van der Waals surface area contributed by atoms with Crippen LogP contribution in [-0.4, -0.2) is 30.6 Å². The van der Waals surface area contributed by atoms with Gasteiger partial charge < -0.3 is 9.47 Å². The minimum Gasteiger partial charge on any atom is -0.457 e. The number of esters is 1. The van der Waals surface area contributed by atoms with E-state index in [1.54, 1.807) is 30.3 Å². The van der Waals surface area contributed by atoms with Gasteiger partial charge in [-0.3, -0.25) is 4.79 Å². The van der Waals surface area contributed by atoms with Gasteiger partial charge in [-0.1, -0.05) is 64.4 Å². The van der Waals surface area contributed by atoms with Crippen LogP contribution in [0, 0.1) is 5.92 Å². The standard InChI is InChI=1S/C20H30O4/c1-5-16(4)13-14-24-20(6-2,7-3)15-23-19(22)18(21)17-11-9-8-10-12-17/h8-12,16H,5-7,13-15H2,1-4H3. The average Bonchev–Trinajstić information content (AvgIpc) is 2.64. The van der Waals surface area contributed by atoms with E-state index in [2.05, 4.69) is 13.8 Å². The van der Waals surface area contributed by atoms with Crippen molar-refractivity contribution in [2.75, 3.05) is 13.2 Å². The summed E-state index contributed by atoms with van der Waals surface area (Å²) in [6, 6.07) is 8.46. The van der Waals surface area contributed by atoms with Gasteiger partial charge in [0.2, 0.25) is 0 Å². The van der Waals surface area contributed by atoms with E-state index in [1.165, 1.54) is 0 Å². The number of carbonyl (C=O) groups is 2. The molecule has 0 heterocycles. The molecule has 0 aliphatic heterocycles. The number of carbonyl (C=O) groups excluding carboxylic acids is 2. The molecular formula is C20H30O4. The summed E-state index contributed by atoms with van der Waals surface area (Å²) in [6.45, 7) is 9.13. The van der Waals surface area contributed by atoms with E-state index < -0.39 is 17.4 Å². The quantitative estimate of drug-likeness (QED) is 0.341. The van der Waals surface area contributed by atoms with Gasteiger partial charge in [-0.05, 0) is 25.2 Å². The van der Waals surface area contributed by atoms with Gasteiger partial charge in [0.25, 0.3) is 5.78 Å². The van der Waals surface area contributed by atoms with Gasteiger partial charge in [0.05, 0.1) is 0 Å². The normalized spacial score (nSPS) is 12.7. The first-order valence-electron chi connectivity index (χ1n) is 8.88. The second-order valence-electron chi connectivity index (χ2n) is 6.31. The largest absolute Gasteiger partial charge is 0.457 e. The Morgan fingerprint density at radius 3 is 2.25 bits per heavy atom. The van der Waals surface area contributed by atoms with Crippen LogP contribution in [0.15, 0.2) is 30.3 Å². The zero-order valence-electron chi connectivity index (χ0n) is 15.3. The first-order chi connectivity index (χ1) is 11.5. The predicted molar refractivity (Wildman–Crippen MR) is 95.1 cm³/mol. The van der Waals surface area contributed by atoms with Crippen LogP contribution in [0.2, 0.25) is 0 Å². The first kappa shape index (κ1) is 20.4. The Morgan fingerprint density at radius 2 is 1.71 bits per heavy atom. The highest BCUT2D eigenvalue weighted by molar-refractivity contribution is 6.40. The van der Waals surface area contributed by atoms with Crippen LogP contribution in [0.5, 0.6) is 0 Å². The van der Waals surface area contributed by atoms with E-state index in [-0.39, 0.29) is 6.61 Å². The van der Waals surface area contributed by atoms with E-state index >= 15 is 0 Å². The third kappa shape index (κ3) is 6.08. The van der Waals surface area contributed by atoms with Gasteiger partial charge in [0.1, 0.15) is 12.2 Å². The SMILES string of the molecule is CCC(C)CCOC(CC)(CC)COC(=O)C(=O)c1ccccc1. The summed E-state index contributed by atoms with van der Waals surface area (Å²) in [5.74, 6) is -0.826. The molecule has 0 aliphatic rings. The molecule has 0 bridgehead atoms. The van der Waals surface area contributed by atoms with Crippen LogP contribution in [0.3, 0.4) is 0 Å². The molecule has 0 fully saturated rings. The highest BCUT2D eigenvalue weighted by Gasteiger charge is 2.30. The third-order valence-electron chi connectivity index (χ3n) is 4.69. The smallest absolute Gasteiger partial charge is 0.379 e. The Bertz CT molecular complexity index is 506. The number of rotatable bonds is 11. The van der Waals surface area contributed by atoms with Crippen molar-refractivity contribution in [1.29, 1.82) is 0 Å². The highest BCUT2D eigenvalue weighted by atomic mass is 16.6. The van der Waals surface area contributed by atoms with Crippen LogP contribution < -0.4 is 0 Å². The summed E-state index contributed by atoms with van der Waals surface area (Å²) in [5, 5.41) is 0.